The van der Waals surface area contributed by atoms with Crippen LogP contribution in [0.15, 0.2) is 11.7 Å². The fourth-order valence-corrected chi connectivity index (χ4v) is 1.69. The van der Waals surface area contributed by atoms with Crippen LogP contribution < -0.4 is 10.5 Å². The van der Waals surface area contributed by atoms with Crippen LogP contribution in [0, 0.1) is 0 Å². The molecule has 6 nitrogen and oxygen atoms in total. The van der Waals surface area contributed by atoms with Gasteiger partial charge in [-0.25, -0.2) is 4.98 Å². The van der Waals surface area contributed by atoms with E-state index in [9.17, 15) is 0 Å². The van der Waals surface area contributed by atoms with Crippen molar-refractivity contribution in [3.8, 4) is 6.01 Å². The summed E-state index contributed by atoms with van der Waals surface area (Å²) in [5.41, 5.74) is 6.31. The molecule has 0 aromatic carbocycles. The van der Waals surface area contributed by atoms with Gasteiger partial charge in [0.05, 0.1) is 5.69 Å². The van der Waals surface area contributed by atoms with E-state index in [-0.39, 0.29) is 0 Å². The predicted molar refractivity (Wildman–Crippen MR) is 55.3 cm³/mol. The maximum absolute atomic E-state index is 5.45. The maximum Gasteiger partial charge on any atom is 0.335 e. The third kappa shape index (κ3) is 2.51. The maximum atomic E-state index is 5.45. The first-order chi connectivity index (χ1) is 7.28. The van der Waals surface area contributed by atoms with E-state index in [1.54, 1.807) is 18.1 Å². The van der Waals surface area contributed by atoms with Crippen molar-refractivity contribution in [2.45, 2.75) is 13.2 Å². The number of nitrogens with zero attached hydrogens (tertiary/aromatic N) is 4. The summed E-state index contributed by atoms with van der Waals surface area (Å²) in [6.45, 7) is 0.840. The molecule has 0 saturated heterocycles. The summed E-state index contributed by atoms with van der Waals surface area (Å²) < 4.78 is 6.92. The van der Waals surface area contributed by atoms with Gasteiger partial charge in [0.1, 0.15) is 17.9 Å². The second-order valence-corrected chi connectivity index (χ2v) is 3.87. The lowest BCUT2D eigenvalue weighted by molar-refractivity contribution is 0.276. The van der Waals surface area contributed by atoms with Gasteiger partial charge >= 0.3 is 6.01 Å². The number of ether oxygens (including phenoxy) is 1. The highest BCUT2D eigenvalue weighted by atomic mass is 32.1. The molecule has 0 aliphatic heterocycles. The Bertz CT molecular complexity index is 438. The van der Waals surface area contributed by atoms with Gasteiger partial charge in [-0.05, 0) is 0 Å². The lowest BCUT2D eigenvalue weighted by Gasteiger charge is -1.96. The molecule has 2 rings (SSSR count). The Morgan fingerprint density at radius 3 is 3.07 bits per heavy atom. The molecule has 0 aliphatic rings. The van der Waals surface area contributed by atoms with Crippen LogP contribution in [0.25, 0.3) is 0 Å². The first-order valence-corrected chi connectivity index (χ1v) is 5.27. The summed E-state index contributed by atoms with van der Waals surface area (Å²) in [6.07, 6.45) is 1.59. The van der Waals surface area contributed by atoms with Gasteiger partial charge in [0.2, 0.25) is 0 Å². The molecule has 15 heavy (non-hydrogen) atoms. The molecule has 80 valence electrons. The highest BCUT2D eigenvalue weighted by Crippen LogP contribution is 2.10. The smallest absolute Gasteiger partial charge is 0.335 e. The van der Waals surface area contributed by atoms with Crippen molar-refractivity contribution in [3.05, 3.63) is 22.4 Å². The van der Waals surface area contributed by atoms with Crippen LogP contribution in [0.5, 0.6) is 6.01 Å². The molecule has 2 aromatic rings. The molecule has 2 heterocycles. The van der Waals surface area contributed by atoms with Crippen molar-refractivity contribution in [2.24, 2.45) is 12.8 Å². The first kappa shape index (κ1) is 10.1. The number of hydrogen-bond donors (Lipinski definition) is 1. The molecule has 0 radical (unpaired) electrons. The average Bonchev–Trinajstić information content (AvgIpc) is 2.83. The van der Waals surface area contributed by atoms with Crippen molar-refractivity contribution >= 4 is 11.3 Å². The van der Waals surface area contributed by atoms with Crippen molar-refractivity contribution in [3.63, 3.8) is 0 Å². The molecule has 0 amide bonds. The zero-order valence-corrected chi connectivity index (χ0v) is 9.07. The Labute approximate surface area is 90.7 Å². The van der Waals surface area contributed by atoms with Crippen LogP contribution in [0.4, 0.5) is 0 Å². The molecule has 0 bridgehead atoms. The molecule has 7 heteroatoms. The predicted octanol–water partition coefficient (Wildman–Crippen LogP) is 0.309. The summed E-state index contributed by atoms with van der Waals surface area (Å²) in [4.78, 5) is 8.20. The minimum absolute atomic E-state index is 0.361. The van der Waals surface area contributed by atoms with E-state index < -0.39 is 0 Å². The van der Waals surface area contributed by atoms with E-state index in [1.165, 1.54) is 11.3 Å². The van der Waals surface area contributed by atoms with Crippen LogP contribution in [-0.4, -0.2) is 19.7 Å². The van der Waals surface area contributed by atoms with Crippen molar-refractivity contribution in [1.29, 1.82) is 0 Å². The Morgan fingerprint density at radius 1 is 1.60 bits per heavy atom. The van der Waals surface area contributed by atoms with Gasteiger partial charge in [-0.15, -0.1) is 16.4 Å². The largest absolute Gasteiger partial charge is 0.456 e. The summed E-state index contributed by atoms with van der Waals surface area (Å²) in [6, 6.07) is 0.361. The van der Waals surface area contributed by atoms with E-state index in [0.29, 0.717) is 19.2 Å². The Kier molecular flexibility index (Phi) is 2.93. The Morgan fingerprint density at radius 2 is 2.47 bits per heavy atom. The zero-order chi connectivity index (χ0) is 10.7. The van der Waals surface area contributed by atoms with E-state index in [1.807, 2.05) is 5.38 Å². The minimum atomic E-state index is 0.361. The van der Waals surface area contributed by atoms with E-state index in [0.717, 1.165) is 10.7 Å². The van der Waals surface area contributed by atoms with E-state index in [2.05, 4.69) is 15.1 Å². The van der Waals surface area contributed by atoms with Crippen LogP contribution in [0.2, 0.25) is 0 Å². The molecular formula is C8H11N5OS. The number of nitrogens with two attached hydrogens (primary N) is 1. The van der Waals surface area contributed by atoms with E-state index in [4.69, 9.17) is 10.5 Å². The summed E-state index contributed by atoms with van der Waals surface area (Å²) in [5.74, 6) is 0. The minimum Gasteiger partial charge on any atom is -0.456 e. The van der Waals surface area contributed by atoms with E-state index >= 15 is 0 Å². The average molecular weight is 225 g/mol. The molecule has 0 fully saturated rings. The molecule has 0 saturated carbocycles. The summed E-state index contributed by atoms with van der Waals surface area (Å²) >= 11 is 1.53. The van der Waals surface area contributed by atoms with Crippen molar-refractivity contribution in [1.82, 2.24) is 19.7 Å². The zero-order valence-electron chi connectivity index (χ0n) is 8.25. The van der Waals surface area contributed by atoms with Gasteiger partial charge in [-0.1, -0.05) is 0 Å². The fourth-order valence-electron chi connectivity index (χ4n) is 1.03. The number of rotatable bonds is 4. The van der Waals surface area contributed by atoms with Gasteiger partial charge in [-0.3, -0.25) is 4.68 Å². The quantitative estimate of drug-likeness (QED) is 0.810. The Balaban J connectivity index is 1.93. The van der Waals surface area contributed by atoms with Crippen LogP contribution in [-0.2, 0) is 20.2 Å². The topological polar surface area (TPSA) is 78.9 Å². The number of aromatic nitrogens is 4. The third-order valence-corrected chi connectivity index (χ3v) is 2.62. The molecule has 0 aliphatic carbocycles. The van der Waals surface area contributed by atoms with Crippen LogP contribution in [0.3, 0.4) is 0 Å². The van der Waals surface area contributed by atoms with Crippen LogP contribution in [0.1, 0.15) is 10.7 Å². The first-order valence-electron chi connectivity index (χ1n) is 4.39. The normalized spacial score (nSPS) is 10.5. The lowest BCUT2D eigenvalue weighted by atomic mass is 10.5. The van der Waals surface area contributed by atoms with Gasteiger partial charge in [0, 0.05) is 19.0 Å². The monoisotopic (exact) mass is 225 g/mol. The molecule has 0 spiro atoms. The van der Waals surface area contributed by atoms with Gasteiger partial charge in [0.15, 0.2) is 0 Å². The lowest BCUT2D eigenvalue weighted by Crippen LogP contribution is -2.00. The fraction of sp³-hybridized carbons (Fsp3) is 0.375. The molecule has 0 atom stereocenters. The molecular weight excluding hydrogens is 214 g/mol. The van der Waals surface area contributed by atoms with Crippen molar-refractivity contribution < 1.29 is 4.74 Å². The molecule has 0 unspecified atom stereocenters. The Hall–Kier alpha value is -1.47. The summed E-state index contributed by atoms with van der Waals surface area (Å²) in [7, 11) is 1.79. The van der Waals surface area contributed by atoms with Gasteiger partial charge < -0.3 is 10.5 Å². The van der Waals surface area contributed by atoms with Crippen molar-refractivity contribution in [2.75, 3.05) is 0 Å². The molecule has 2 N–H and O–H groups in total. The standard InChI is InChI=1S/C8H11N5OS/c1-13-5-10-8(12-13)14-3-6-4-15-7(2-9)11-6/h4-5H,2-3,9H2,1H3. The number of hydrogen-bond acceptors (Lipinski definition) is 6. The van der Waals surface area contributed by atoms with Crippen LogP contribution >= 0.6 is 11.3 Å². The SMILES string of the molecule is Cn1cnc(OCc2csc(CN)n2)n1. The number of aryl methyl sites for hydroxylation is 1. The van der Waals surface area contributed by atoms with Gasteiger partial charge in [0.25, 0.3) is 0 Å². The second-order valence-electron chi connectivity index (χ2n) is 2.93. The third-order valence-electron chi connectivity index (χ3n) is 1.70. The second kappa shape index (κ2) is 4.37. The highest BCUT2D eigenvalue weighted by molar-refractivity contribution is 7.09. The number of thiazole rings is 1. The summed E-state index contributed by atoms with van der Waals surface area (Å²) in [5, 5.41) is 6.81. The molecule has 2 aromatic heterocycles. The highest BCUT2D eigenvalue weighted by Gasteiger charge is 2.03. The van der Waals surface area contributed by atoms with Gasteiger partial charge in [-0.2, -0.15) is 4.98 Å².